The molecule has 0 aliphatic rings. The normalized spacial score (nSPS) is 11.9. The van der Waals surface area contributed by atoms with E-state index in [1.54, 1.807) is 0 Å². The maximum Gasteiger partial charge on any atom is 0.307 e. The van der Waals surface area contributed by atoms with Gasteiger partial charge in [0, 0.05) is 38.1 Å². The third-order valence-electron chi connectivity index (χ3n) is 11.0. The van der Waals surface area contributed by atoms with Crippen molar-refractivity contribution in [3.05, 3.63) is 182 Å². The Labute approximate surface area is 325 Å². The highest BCUT2D eigenvalue weighted by Crippen LogP contribution is 2.42. The Kier molecular flexibility index (Phi) is 6.79. The molecular weight excluding hydrogens is 701 g/mol. The van der Waals surface area contributed by atoms with Crippen molar-refractivity contribution in [2.45, 2.75) is 0 Å². The van der Waals surface area contributed by atoms with E-state index in [0.29, 0.717) is 23.6 Å². The molecular formula is C50H30N6O. The molecule has 0 bridgehead atoms. The second-order valence-electron chi connectivity index (χ2n) is 14.3. The molecule has 12 rings (SSSR count). The minimum Gasteiger partial charge on any atom is -0.422 e. The zero-order valence-electron chi connectivity index (χ0n) is 30.4. The van der Waals surface area contributed by atoms with Gasteiger partial charge >= 0.3 is 6.01 Å². The van der Waals surface area contributed by atoms with Crippen LogP contribution < -0.4 is 0 Å². The summed E-state index contributed by atoms with van der Waals surface area (Å²) >= 11 is 0. The summed E-state index contributed by atoms with van der Waals surface area (Å²) in [7, 11) is 0. The van der Waals surface area contributed by atoms with E-state index in [-0.39, 0.29) is 0 Å². The molecule has 12 aromatic rings. The first kappa shape index (κ1) is 31.5. The summed E-state index contributed by atoms with van der Waals surface area (Å²) in [4.78, 5) is 21.0. The highest BCUT2D eigenvalue weighted by molar-refractivity contribution is 6.23. The molecule has 7 heteroatoms. The summed E-state index contributed by atoms with van der Waals surface area (Å²) in [6, 6.07) is 63.1. The third kappa shape index (κ3) is 4.79. The second-order valence-corrected chi connectivity index (χ2v) is 14.3. The number of rotatable bonds is 5. The fourth-order valence-electron chi connectivity index (χ4n) is 8.50. The summed E-state index contributed by atoms with van der Waals surface area (Å²) in [5.74, 6) is 1.69. The van der Waals surface area contributed by atoms with E-state index in [1.807, 2.05) is 60.7 Å². The van der Waals surface area contributed by atoms with Crippen LogP contribution in [-0.2, 0) is 0 Å². The zero-order valence-corrected chi connectivity index (χ0v) is 30.4. The number of hydrogen-bond acceptors (Lipinski definition) is 5. The SMILES string of the molecule is c1ccc(-c2nc(-c3ccccc3-c3ccccc3)nc(-n3c4ccccc4c4ccc5c6ccccc6n(-c6nc7ccc8ccccc8c7o6)c5c43)n2)cc1. The average molecular weight is 731 g/mol. The zero-order chi connectivity index (χ0) is 37.5. The van der Waals surface area contributed by atoms with Gasteiger partial charge in [0.05, 0.1) is 22.1 Å². The predicted octanol–water partition coefficient (Wildman–Crippen LogP) is 12.4. The van der Waals surface area contributed by atoms with Crippen molar-refractivity contribution in [2.24, 2.45) is 0 Å². The molecule has 4 heterocycles. The number of oxazole rings is 1. The van der Waals surface area contributed by atoms with E-state index < -0.39 is 0 Å². The number of nitrogens with zero attached hydrogens (tertiary/aromatic N) is 6. The third-order valence-corrected chi connectivity index (χ3v) is 11.0. The van der Waals surface area contributed by atoms with Gasteiger partial charge in [-0.3, -0.25) is 9.13 Å². The van der Waals surface area contributed by atoms with Crippen LogP contribution >= 0.6 is 0 Å². The largest absolute Gasteiger partial charge is 0.422 e. The molecule has 0 unspecified atom stereocenters. The molecule has 7 nitrogen and oxygen atoms in total. The van der Waals surface area contributed by atoms with Crippen LogP contribution in [0.15, 0.2) is 186 Å². The molecule has 8 aromatic carbocycles. The highest BCUT2D eigenvalue weighted by atomic mass is 16.4. The lowest BCUT2D eigenvalue weighted by molar-refractivity contribution is 0.577. The van der Waals surface area contributed by atoms with Crippen LogP contribution in [0.4, 0.5) is 0 Å². The summed E-state index contributed by atoms with van der Waals surface area (Å²) in [6.45, 7) is 0. The van der Waals surface area contributed by atoms with Crippen LogP contribution in [0.25, 0.3) is 111 Å². The van der Waals surface area contributed by atoms with Gasteiger partial charge in [-0.1, -0.05) is 164 Å². The summed E-state index contributed by atoms with van der Waals surface area (Å²) in [5, 5.41) is 6.44. The first-order valence-corrected chi connectivity index (χ1v) is 19.0. The fourth-order valence-corrected chi connectivity index (χ4v) is 8.50. The summed E-state index contributed by atoms with van der Waals surface area (Å²) in [6.07, 6.45) is 0. The number of hydrogen-bond donors (Lipinski definition) is 0. The van der Waals surface area contributed by atoms with Crippen LogP contribution in [0.5, 0.6) is 0 Å². The van der Waals surface area contributed by atoms with E-state index in [0.717, 1.165) is 87.7 Å². The van der Waals surface area contributed by atoms with Gasteiger partial charge in [-0.05, 0) is 34.7 Å². The van der Waals surface area contributed by atoms with Crippen molar-refractivity contribution >= 4 is 65.5 Å². The van der Waals surface area contributed by atoms with Crippen molar-refractivity contribution in [3.8, 4) is 45.9 Å². The van der Waals surface area contributed by atoms with Crippen LogP contribution in [0.2, 0.25) is 0 Å². The van der Waals surface area contributed by atoms with E-state index in [1.165, 1.54) is 0 Å². The van der Waals surface area contributed by atoms with Gasteiger partial charge in [0.25, 0.3) is 0 Å². The second kappa shape index (κ2) is 12.3. The molecule has 0 aliphatic heterocycles. The molecule has 0 amide bonds. The fraction of sp³-hybridized carbons (Fsp3) is 0. The van der Waals surface area contributed by atoms with Gasteiger partial charge in [0.2, 0.25) is 5.95 Å². The first-order valence-electron chi connectivity index (χ1n) is 19.0. The Bertz CT molecular complexity index is 3530. The van der Waals surface area contributed by atoms with E-state index in [4.69, 9.17) is 24.4 Å². The lowest BCUT2D eigenvalue weighted by Gasteiger charge is -2.14. The lowest BCUT2D eigenvalue weighted by Crippen LogP contribution is -2.07. The van der Waals surface area contributed by atoms with E-state index in [9.17, 15) is 0 Å². The highest BCUT2D eigenvalue weighted by Gasteiger charge is 2.25. The van der Waals surface area contributed by atoms with Gasteiger partial charge < -0.3 is 4.42 Å². The predicted molar refractivity (Wildman–Crippen MR) is 230 cm³/mol. The van der Waals surface area contributed by atoms with Crippen molar-refractivity contribution in [1.29, 1.82) is 0 Å². The van der Waals surface area contributed by atoms with Gasteiger partial charge in [0.15, 0.2) is 17.2 Å². The van der Waals surface area contributed by atoms with E-state index in [2.05, 4.69) is 130 Å². The number of para-hydroxylation sites is 2. The van der Waals surface area contributed by atoms with Crippen LogP contribution in [0, 0.1) is 0 Å². The molecule has 266 valence electrons. The summed E-state index contributed by atoms with van der Waals surface area (Å²) < 4.78 is 11.2. The molecule has 57 heavy (non-hydrogen) atoms. The van der Waals surface area contributed by atoms with Crippen LogP contribution in [0.1, 0.15) is 0 Å². The van der Waals surface area contributed by atoms with Gasteiger partial charge in [-0.15, -0.1) is 0 Å². The van der Waals surface area contributed by atoms with Gasteiger partial charge in [-0.25, -0.2) is 4.98 Å². The Morgan fingerprint density at radius 1 is 0.368 bits per heavy atom. The molecule has 4 aromatic heterocycles. The molecule has 0 atom stereocenters. The monoisotopic (exact) mass is 730 g/mol. The van der Waals surface area contributed by atoms with Crippen LogP contribution in [0.3, 0.4) is 0 Å². The quantitative estimate of drug-likeness (QED) is 0.176. The topological polar surface area (TPSA) is 74.6 Å². The maximum absolute atomic E-state index is 6.82. The number of fused-ring (bicyclic) bond motifs is 10. The molecule has 0 saturated heterocycles. The van der Waals surface area contributed by atoms with Crippen molar-refractivity contribution in [2.75, 3.05) is 0 Å². The van der Waals surface area contributed by atoms with Gasteiger partial charge in [0.1, 0.15) is 5.52 Å². The van der Waals surface area contributed by atoms with Crippen molar-refractivity contribution < 1.29 is 4.42 Å². The summed E-state index contributed by atoms with van der Waals surface area (Å²) in [5.41, 5.74) is 9.38. The smallest absolute Gasteiger partial charge is 0.307 e. The Hall–Kier alpha value is -7.90. The van der Waals surface area contributed by atoms with Crippen LogP contribution in [-0.4, -0.2) is 29.1 Å². The Morgan fingerprint density at radius 2 is 0.930 bits per heavy atom. The Balaban J connectivity index is 1.22. The molecule has 0 saturated carbocycles. The lowest BCUT2D eigenvalue weighted by atomic mass is 9.99. The minimum atomic E-state index is 0.495. The molecule has 0 fully saturated rings. The maximum atomic E-state index is 6.82. The standard InChI is InChI=1S/C50H30N6O/c1-3-15-31(16-4-1)34-20-9-10-24-40(34)48-52-47(33-18-5-2-6-19-33)53-49(54-48)55-42-25-13-11-22-36(42)38-28-29-39-37-23-12-14-26-43(37)56(45(39)44(38)55)50-51-41-30-27-32-17-7-8-21-35(32)46(41)57-50/h1-30H. The number of benzene rings is 8. The first-order chi connectivity index (χ1) is 28.3. The molecule has 0 N–H and O–H groups in total. The molecule has 0 radical (unpaired) electrons. The Morgan fingerprint density at radius 3 is 1.67 bits per heavy atom. The average Bonchev–Trinajstić information content (AvgIpc) is 3.97. The van der Waals surface area contributed by atoms with Crippen molar-refractivity contribution in [1.82, 2.24) is 29.1 Å². The number of aromatic nitrogens is 6. The van der Waals surface area contributed by atoms with Gasteiger partial charge in [-0.2, -0.15) is 15.0 Å². The van der Waals surface area contributed by atoms with E-state index >= 15 is 0 Å². The molecule has 0 aliphatic carbocycles. The van der Waals surface area contributed by atoms with Crippen molar-refractivity contribution in [3.63, 3.8) is 0 Å². The molecule has 0 spiro atoms. The minimum absolute atomic E-state index is 0.495.